The van der Waals surface area contributed by atoms with E-state index in [1.807, 2.05) is 11.7 Å². The second-order valence-corrected chi connectivity index (χ2v) is 7.06. The Bertz CT molecular complexity index is 530. The van der Waals surface area contributed by atoms with Crippen molar-refractivity contribution in [3.8, 4) is 0 Å². The lowest BCUT2D eigenvalue weighted by molar-refractivity contribution is 0.375. The molecule has 0 aromatic carbocycles. The predicted octanol–water partition coefficient (Wildman–Crippen LogP) is 4.07. The largest absolute Gasteiger partial charge is 0.357 e. The Morgan fingerprint density at radius 3 is 2.32 bits per heavy atom. The van der Waals surface area contributed by atoms with E-state index in [9.17, 15) is 0 Å². The number of hydrogen-bond acceptors (Lipinski definition) is 2. The van der Waals surface area contributed by atoms with Crippen LogP contribution in [0.2, 0.25) is 0 Å². The van der Waals surface area contributed by atoms with Crippen molar-refractivity contribution < 1.29 is 0 Å². The first-order chi connectivity index (χ1) is 11.6. The summed E-state index contributed by atoms with van der Waals surface area (Å²) in [6.45, 7) is 8.91. The van der Waals surface area contributed by atoms with Crippen molar-refractivity contribution in [3.05, 3.63) is 17.0 Å². The Morgan fingerprint density at radius 2 is 1.76 bits per heavy atom. The Labute approximate surface area is 170 Å². The molecule has 1 aromatic rings. The molecule has 25 heavy (non-hydrogen) atoms. The van der Waals surface area contributed by atoms with Crippen LogP contribution in [-0.2, 0) is 13.6 Å². The molecule has 1 saturated carbocycles. The van der Waals surface area contributed by atoms with Gasteiger partial charge in [-0.3, -0.25) is 4.68 Å². The molecule has 0 bridgehead atoms. The summed E-state index contributed by atoms with van der Waals surface area (Å²) in [7, 11) is 1.99. The molecule has 0 spiro atoms. The van der Waals surface area contributed by atoms with Crippen LogP contribution in [0.1, 0.15) is 68.8 Å². The molecular formula is C19H36IN5. The molecule has 2 N–H and O–H groups in total. The fourth-order valence-electron chi connectivity index (χ4n) is 3.53. The number of aliphatic imine (C=N–C) groups is 1. The SMILES string of the molecule is CCNC(=NCc1c(C)nn(C)c1C)NCC1CCCCCCC1.I. The maximum atomic E-state index is 4.79. The van der Waals surface area contributed by atoms with Crippen molar-refractivity contribution in [1.29, 1.82) is 0 Å². The summed E-state index contributed by atoms with van der Waals surface area (Å²) in [5.41, 5.74) is 3.52. The molecule has 1 aromatic heterocycles. The smallest absolute Gasteiger partial charge is 0.191 e. The third-order valence-electron chi connectivity index (χ3n) is 5.18. The zero-order chi connectivity index (χ0) is 17.4. The molecule has 1 aliphatic rings. The average molecular weight is 461 g/mol. The Kier molecular flexibility index (Phi) is 10.5. The zero-order valence-corrected chi connectivity index (χ0v) is 18.7. The van der Waals surface area contributed by atoms with Crippen molar-refractivity contribution >= 4 is 29.9 Å². The molecule has 0 unspecified atom stereocenters. The maximum absolute atomic E-state index is 4.79. The fraction of sp³-hybridized carbons (Fsp3) is 0.789. The Morgan fingerprint density at radius 1 is 1.12 bits per heavy atom. The predicted molar refractivity (Wildman–Crippen MR) is 117 cm³/mol. The van der Waals surface area contributed by atoms with Gasteiger partial charge >= 0.3 is 0 Å². The third-order valence-corrected chi connectivity index (χ3v) is 5.18. The van der Waals surface area contributed by atoms with Crippen LogP contribution >= 0.6 is 24.0 Å². The van der Waals surface area contributed by atoms with Crippen LogP contribution in [0, 0.1) is 19.8 Å². The summed E-state index contributed by atoms with van der Waals surface area (Å²) >= 11 is 0. The summed E-state index contributed by atoms with van der Waals surface area (Å²) in [4.78, 5) is 4.79. The molecule has 0 radical (unpaired) electrons. The highest BCUT2D eigenvalue weighted by atomic mass is 127. The molecule has 2 rings (SSSR count). The third kappa shape index (κ3) is 7.15. The van der Waals surface area contributed by atoms with E-state index < -0.39 is 0 Å². The Balaban J connectivity index is 0.00000312. The minimum atomic E-state index is 0. The quantitative estimate of drug-likeness (QED) is 0.395. The van der Waals surface area contributed by atoms with Crippen LogP contribution in [-0.4, -0.2) is 28.8 Å². The van der Waals surface area contributed by atoms with Crippen molar-refractivity contribution in [2.45, 2.75) is 72.3 Å². The van der Waals surface area contributed by atoms with Crippen molar-refractivity contribution in [3.63, 3.8) is 0 Å². The topological polar surface area (TPSA) is 54.2 Å². The lowest BCUT2D eigenvalue weighted by Crippen LogP contribution is -2.40. The molecule has 1 heterocycles. The van der Waals surface area contributed by atoms with Gasteiger partial charge in [0, 0.05) is 31.4 Å². The number of guanidine groups is 1. The number of nitrogens with zero attached hydrogens (tertiary/aromatic N) is 3. The highest BCUT2D eigenvalue weighted by molar-refractivity contribution is 14.0. The minimum absolute atomic E-state index is 0. The van der Waals surface area contributed by atoms with E-state index in [-0.39, 0.29) is 24.0 Å². The normalized spacial score (nSPS) is 16.7. The number of hydrogen-bond donors (Lipinski definition) is 2. The van der Waals surface area contributed by atoms with E-state index in [4.69, 9.17) is 4.99 Å². The van der Waals surface area contributed by atoms with Crippen LogP contribution in [0.3, 0.4) is 0 Å². The first kappa shape index (κ1) is 22.3. The summed E-state index contributed by atoms with van der Waals surface area (Å²) in [6.07, 6.45) is 9.71. The molecule has 1 fully saturated rings. The first-order valence-corrected chi connectivity index (χ1v) is 9.63. The van der Waals surface area contributed by atoms with Crippen molar-refractivity contribution in [2.24, 2.45) is 18.0 Å². The molecule has 0 aliphatic heterocycles. The molecular weight excluding hydrogens is 425 g/mol. The molecule has 6 heteroatoms. The van der Waals surface area contributed by atoms with Gasteiger partial charge < -0.3 is 10.6 Å². The van der Waals surface area contributed by atoms with Crippen LogP contribution in [0.25, 0.3) is 0 Å². The summed E-state index contributed by atoms with van der Waals surface area (Å²) in [5.74, 6) is 1.72. The average Bonchev–Trinajstić information content (AvgIpc) is 2.76. The van der Waals surface area contributed by atoms with E-state index in [0.29, 0.717) is 6.54 Å². The lowest BCUT2D eigenvalue weighted by Gasteiger charge is -2.21. The number of aromatic nitrogens is 2. The Hall–Kier alpha value is -0.790. The van der Waals surface area contributed by atoms with Gasteiger partial charge in [-0.15, -0.1) is 24.0 Å². The second kappa shape index (κ2) is 11.8. The summed E-state index contributed by atoms with van der Waals surface area (Å²) in [5, 5.41) is 11.4. The van der Waals surface area contributed by atoms with E-state index in [0.717, 1.165) is 30.7 Å². The highest BCUT2D eigenvalue weighted by Gasteiger charge is 2.13. The van der Waals surface area contributed by atoms with Crippen LogP contribution < -0.4 is 10.6 Å². The van der Waals surface area contributed by atoms with Crippen molar-refractivity contribution in [2.75, 3.05) is 13.1 Å². The van der Waals surface area contributed by atoms with Crippen LogP contribution in [0.5, 0.6) is 0 Å². The number of rotatable bonds is 5. The second-order valence-electron chi connectivity index (χ2n) is 7.06. The lowest BCUT2D eigenvalue weighted by atomic mass is 9.91. The van der Waals surface area contributed by atoms with Crippen LogP contribution in [0.15, 0.2) is 4.99 Å². The summed E-state index contributed by atoms with van der Waals surface area (Å²) < 4.78 is 1.94. The molecule has 0 atom stereocenters. The zero-order valence-electron chi connectivity index (χ0n) is 16.4. The number of halogens is 1. The fourth-order valence-corrected chi connectivity index (χ4v) is 3.53. The van der Waals surface area contributed by atoms with Gasteiger partial charge in [0.15, 0.2) is 5.96 Å². The van der Waals surface area contributed by atoms with E-state index >= 15 is 0 Å². The van der Waals surface area contributed by atoms with E-state index in [1.165, 1.54) is 56.2 Å². The molecule has 0 saturated heterocycles. The van der Waals surface area contributed by atoms with Gasteiger partial charge in [-0.05, 0) is 39.5 Å². The monoisotopic (exact) mass is 461 g/mol. The van der Waals surface area contributed by atoms with Gasteiger partial charge in [0.2, 0.25) is 0 Å². The first-order valence-electron chi connectivity index (χ1n) is 9.63. The molecule has 0 amide bonds. The van der Waals surface area contributed by atoms with E-state index in [1.54, 1.807) is 0 Å². The van der Waals surface area contributed by atoms with Gasteiger partial charge in [0.05, 0.1) is 12.2 Å². The molecule has 5 nitrogen and oxygen atoms in total. The maximum Gasteiger partial charge on any atom is 0.191 e. The van der Waals surface area contributed by atoms with Gasteiger partial charge in [0.25, 0.3) is 0 Å². The van der Waals surface area contributed by atoms with Crippen molar-refractivity contribution in [1.82, 2.24) is 20.4 Å². The van der Waals surface area contributed by atoms with Gasteiger partial charge in [0.1, 0.15) is 0 Å². The van der Waals surface area contributed by atoms with Gasteiger partial charge in [-0.1, -0.05) is 32.1 Å². The molecule has 144 valence electrons. The molecule has 1 aliphatic carbocycles. The number of aryl methyl sites for hydroxylation is 2. The highest BCUT2D eigenvalue weighted by Crippen LogP contribution is 2.21. The van der Waals surface area contributed by atoms with Gasteiger partial charge in [-0.2, -0.15) is 5.10 Å². The minimum Gasteiger partial charge on any atom is -0.357 e. The van der Waals surface area contributed by atoms with Crippen LogP contribution in [0.4, 0.5) is 0 Å². The number of nitrogens with one attached hydrogen (secondary N) is 2. The van der Waals surface area contributed by atoms with E-state index in [2.05, 4.69) is 36.5 Å². The summed E-state index contributed by atoms with van der Waals surface area (Å²) in [6, 6.07) is 0. The standard InChI is InChI=1S/C19H35N5.HI/c1-5-20-19(21-13-17-11-9-7-6-8-10-12-17)22-14-18-15(2)23-24(4)16(18)3;/h17H,5-14H2,1-4H3,(H2,20,21,22);1H. The van der Waals surface area contributed by atoms with Gasteiger partial charge in [-0.25, -0.2) is 4.99 Å².